The third-order valence-electron chi connectivity index (χ3n) is 3.53. The number of phenols is 1. The fraction of sp³-hybridized carbons (Fsp3) is 0.571. The zero-order valence-corrected chi connectivity index (χ0v) is 10.8. The molecular formula is C14H22N2O2. The van der Waals surface area contributed by atoms with Crippen LogP contribution < -0.4 is 0 Å². The van der Waals surface area contributed by atoms with Gasteiger partial charge in [-0.2, -0.15) is 0 Å². The minimum atomic E-state index is 0.257. The fourth-order valence-corrected chi connectivity index (χ4v) is 2.33. The number of hydrogen-bond donors (Lipinski definition) is 2. The van der Waals surface area contributed by atoms with E-state index in [1.54, 1.807) is 12.1 Å². The van der Waals surface area contributed by atoms with Gasteiger partial charge >= 0.3 is 0 Å². The van der Waals surface area contributed by atoms with Gasteiger partial charge in [-0.3, -0.25) is 4.90 Å². The summed E-state index contributed by atoms with van der Waals surface area (Å²) in [5.41, 5.74) is 1.27. The molecule has 1 aromatic carbocycles. The number of phenolic OH excluding ortho intramolecular Hbond substituents is 1. The normalized spacial score (nSPS) is 18.1. The lowest BCUT2D eigenvalue weighted by atomic mass is 10.1. The molecule has 0 unspecified atom stereocenters. The number of aromatic hydroxyl groups is 1. The molecule has 18 heavy (non-hydrogen) atoms. The van der Waals surface area contributed by atoms with Gasteiger partial charge in [0.05, 0.1) is 6.61 Å². The molecular weight excluding hydrogens is 228 g/mol. The van der Waals surface area contributed by atoms with Crippen molar-refractivity contribution in [3.63, 3.8) is 0 Å². The van der Waals surface area contributed by atoms with Crippen molar-refractivity contribution >= 4 is 0 Å². The maximum absolute atomic E-state index is 9.22. The summed E-state index contributed by atoms with van der Waals surface area (Å²) >= 11 is 0. The van der Waals surface area contributed by atoms with Crippen LogP contribution in [0.4, 0.5) is 0 Å². The van der Waals surface area contributed by atoms with Crippen molar-refractivity contribution in [2.24, 2.45) is 0 Å². The van der Waals surface area contributed by atoms with Crippen LogP contribution >= 0.6 is 0 Å². The second-order valence-corrected chi connectivity index (χ2v) is 4.82. The molecule has 0 spiro atoms. The summed E-state index contributed by atoms with van der Waals surface area (Å²) in [4.78, 5) is 4.76. The van der Waals surface area contributed by atoms with Gasteiger partial charge in [0.2, 0.25) is 0 Å². The zero-order valence-electron chi connectivity index (χ0n) is 10.8. The van der Waals surface area contributed by atoms with Crippen LogP contribution in [0.1, 0.15) is 5.56 Å². The summed E-state index contributed by atoms with van der Waals surface area (Å²) in [5.74, 6) is 0.330. The van der Waals surface area contributed by atoms with Gasteiger partial charge in [0.1, 0.15) is 5.75 Å². The lowest BCUT2D eigenvalue weighted by Gasteiger charge is -2.34. The number of benzene rings is 1. The number of aliphatic hydroxyl groups is 1. The molecule has 0 amide bonds. The third-order valence-corrected chi connectivity index (χ3v) is 3.53. The molecule has 0 aromatic heterocycles. The summed E-state index contributed by atoms with van der Waals surface area (Å²) in [5, 5.41) is 18.1. The van der Waals surface area contributed by atoms with E-state index in [2.05, 4.69) is 9.80 Å². The molecule has 100 valence electrons. The first-order chi connectivity index (χ1) is 8.78. The van der Waals surface area contributed by atoms with E-state index in [-0.39, 0.29) is 6.61 Å². The minimum Gasteiger partial charge on any atom is -0.508 e. The first kappa shape index (κ1) is 13.3. The largest absolute Gasteiger partial charge is 0.508 e. The van der Waals surface area contributed by atoms with E-state index in [1.165, 1.54) is 5.56 Å². The monoisotopic (exact) mass is 250 g/mol. The molecule has 1 aromatic rings. The standard InChI is InChI=1S/C14H22N2O2/c17-12-11-16-9-7-15(8-10-16)6-5-13-1-3-14(18)4-2-13/h1-4,17-18H,5-12H2. The van der Waals surface area contributed by atoms with Crippen molar-refractivity contribution in [1.82, 2.24) is 9.80 Å². The fourth-order valence-electron chi connectivity index (χ4n) is 2.33. The Morgan fingerprint density at radius 2 is 1.44 bits per heavy atom. The Kier molecular flexibility index (Phi) is 4.99. The number of rotatable bonds is 5. The summed E-state index contributed by atoms with van der Waals surface area (Å²) in [6.45, 7) is 6.39. The van der Waals surface area contributed by atoms with Gasteiger partial charge in [-0.15, -0.1) is 0 Å². The van der Waals surface area contributed by atoms with Crippen molar-refractivity contribution < 1.29 is 10.2 Å². The molecule has 1 fully saturated rings. The van der Waals surface area contributed by atoms with Crippen LogP contribution in [0.15, 0.2) is 24.3 Å². The summed E-state index contributed by atoms with van der Waals surface area (Å²) in [6.07, 6.45) is 1.03. The van der Waals surface area contributed by atoms with Crippen LogP contribution in [0.5, 0.6) is 5.75 Å². The lowest BCUT2D eigenvalue weighted by molar-refractivity contribution is 0.113. The van der Waals surface area contributed by atoms with E-state index in [0.717, 1.165) is 45.7 Å². The van der Waals surface area contributed by atoms with E-state index in [1.807, 2.05) is 12.1 Å². The molecule has 0 atom stereocenters. The third kappa shape index (κ3) is 3.98. The molecule has 1 aliphatic heterocycles. The topological polar surface area (TPSA) is 46.9 Å². The van der Waals surface area contributed by atoms with E-state index >= 15 is 0 Å². The average Bonchev–Trinajstić information content (AvgIpc) is 2.40. The van der Waals surface area contributed by atoms with E-state index in [9.17, 15) is 5.11 Å². The van der Waals surface area contributed by atoms with Gasteiger partial charge in [0.25, 0.3) is 0 Å². The quantitative estimate of drug-likeness (QED) is 0.801. The Labute approximate surface area is 108 Å². The zero-order chi connectivity index (χ0) is 12.8. The van der Waals surface area contributed by atoms with Crippen LogP contribution in [0.25, 0.3) is 0 Å². The molecule has 0 radical (unpaired) electrons. The van der Waals surface area contributed by atoms with Gasteiger partial charge in [-0.25, -0.2) is 0 Å². The number of piperazine rings is 1. The van der Waals surface area contributed by atoms with Crippen LogP contribution in [0, 0.1) is 0 Å². The molecule has 1 aliphatic rings. The summed E-state index contributed by atoms with van der Waals surface area (Å²) < 4.78 is 0. The maximum atomic E-state index is 9.22. The highest BCUT2D eigenvalue weighted by Crippen LogP contribution is 2.11. The summed E-state index contributed by atoms with van der Waals surface area (Å²) in [7, 11) is 0. The first-order valence-electron chi connectivity index (χ1n) is 6.61. The smallest absolute Gasteiger partial charge is 0.115 e. The Morgan fingerprint density at radius 1 is 0.889 bits per heavy atom. The molecule has 2 N–H and O–H groups in total. The molecule has 0 saturated carbocycles. The second kappa shape index (κ2) is 6.73. The van der Waals surface area contributed by atoms with Crippen LogP contribution in [-0.4, -0.2) is 65.9 Å². The molecule has 1 saturated heterocycles. The Hall–Kier alpha value is -1.10. The number of aliphatic hydroxyl groups excluding tert-OH is 1. The van der Waals surface area contributed by atoms with Gasteiger partial charge in [0, 0.05) is 39.3 Å². The SMILES string of the molecule is OCCN1CCN(CCc2ccc(O)cc2)CC1. The van der Waals surface area contributed by atoms with Gasteiger partial charge in [-0.1, -0.05) is 12.1 Å². The highest BCUT2D eigenvalue weighted by molar-refractivity contribution is 5.25. The van der Waals surface area contributed by atoms with Crippen molar-refractivity contribution in [2.45, 2.75) is 6.42 Å². The van der Waals surface area contributed by atoms with Gasteiger partial charge < -0.3 is 15.1 Å². The molecule has 0 aliphatic carbocycles. The molecule has 4 nitrogen and oxygen atoms in total. The van der Waals surface area contributed by atoms with Gasteiger partial charge in [0.15, 0.2) is 0 Å². The number of hydrogen-bond acceptors (Lipinski definition) is 4. The first-order valence-corrected chi connectivity index (χ1v) is 6.61. The van der Waals surface area contributed by atoms with Crippen molar-refractivity contribution in [1.29, 1.82) is 0 Å². The van der Waals surface area contributed by atoms with E-state index in [4.69, 9.17) is 5.11 Å². The molecule has 2 rings (SSSR count). The molecule has 4 heteroatoms. The second-order valence-electron chi connectivity index (χ2n) is 4.82. The highest BCUT2D eigenvalue weighted by atomic mass is 16.3. The Balaban J connectivity index is 1.70. The Morgan fingerprint density at radius 3 is 2.00 bits per heavy atom. The van der Waals surface area contributed by atoms with Crippen molar-refractivity contribution in [3.8, 4) is 5.75 Å². The van der Waals surface area contributed by atoms with E-state index in [0.29, 0.717) is 5.75 Å². The van der Waals surface area contributed by atoms with Crippen LogP contribution in [0.3, 0.4) is 0 Å². The number of nitrogens with zero attached hydrogens (tertiary/aromatic N) is 2. The van der Waals surface area contributed by atoms with Crippen molar-refractivity contribution in [3.05, 3.63) is 29.8 Å². The number of β-amino-alcohol motifs (C(OH)–C–C–N with tert-alkyl or cyclic N) is 1. The summed E-state index contributed by atoms with van der Waals surface area (Å²) in [6, 6.07) is 7.46. The predicted octanol–water partition coefficient (Wildman–Crippen LogP) is 0.545. The van der Waals surface area contributed by atoms with Crippen LogP contribution in [0.2, 0.25) is 0 Å². The maximum Gasteiger partial charge on any atom is 0.115 e. The van der Waals surface area contributed by atoms with Crippen LogP contribution in [-0.2, 0) is 6.42 Å². The lowest BCUT2D eigenvalue weighted by Crippen LogP contribution is -2.47. The van der Waals surface area contributed by atoms with Gasteiger partial charge in [-0.05, 0) is 24.1 Å². The molecule has 0 bridgehead atoms. The predicted molar refractivity (Wildman–Crippen MR) is 71.8 cm³/mol. The van der Waals surface area contributed by atoms with Crippen molar-refractivity contribution in [2.75, 3.05) is 45.9 Å². The van der Waals surface area contributed by atoms with E-state index < -0.39 is 0 Å². The molecule has 1 heterocycles. The average molecular weight is 250 g/mol. The highest BCUT2D eigenvalue weighted by Gasteiger charge is 2.15. The Bertz CT molecular complexity index is 345. The minimum absolute atomic E-state index is 0.257.